The highest BCUT2D eigenvalue weighted by molar-refractivity contribution is 9.10. The molecule has 1 aromatic carbocycles. The van der Waals surface area contributed by atoms with Gasteiger partial charge in [0.15, 0.2) is 0 Å². The molecule has 4 atom stereocenters. The van der Waals surface area contributed by atoms with Crippen molar-refractivity contribution in [3.05, 3.63) is 40.9 Å². The fourth-order valence-electron chi connectivity index (χ4n) is 3.91. The van der Waals surface area contributed by atoms with E-state index in [1.165, 1.54) is 4.90 Å². The summed E-state index contributed by atoms with van der Waals surface area (Å²) in [6.45, 7) is 1.48. The summed E-state index contributed by atoms with van der Waals surface area (Å²) in [5.41, 5.74) is -1.39. The first-order valence-electron chi connectivity index (χ1n) is 7.07. The van der Waals surface area contributed by atoms with Crippen molar-refractivity contribution in [3.8, 4) is 0 Å². The Hall–Kier alpha value is -1.50. The van der Waals surface area contributed by atoms with Crippen LogP contribution in [0, 0.1) is 11.8 Å². The predicted octanol–water partition coefficient (Wildman–Crippen LogP) is 1.64. The standard InChI is InChI=1S/C16H14BrNO4/c1-15-6-7-16(8-19,22-15)12-11(15)13(20)18(14(12)21)10-5-3-2-4-9(10)17/h2-7,11-12,19H,8H2,1H3/t11-,12-,15+,16+/m1/s1. The number of anilines is 1. The van der Waals surface area contributed by atoms with Crippen LogP contribution in [0.2, 0.25) is 0 Å². The SMILES string of the molecule is C[C@@]12C=C[C@@](CO)(O1)[C@H]1C(=O)N(c3ccccc3Br)C(=O)[C@@H]12. The third-order valence-electron chi connectivity index (χ3n) is 4.90. The molecule has 0 spiro atoms. The third kappa shape index (κ3) is 1.50. The number of aliphatic hydroxyl groups excluding tert-OH is 1. The average Bonchev–Trinajstić information content (AvgIpc) is 3.07. The molecule has 0 unspecified atom stereocenters. The number of halogens is 1. The molecule has 0 aliphatic carbocycles. The van der Waals surface area contributed by atoms with Crippen molar-refractivity contribution in [1.29, 1.82) is 0 Å². The Morgan fingerprint density at radius 1 is 1.23 bits per heavy atom. The number of nitrogens with zero attached hydrogens (tertiary/aromatic N) is 1. The number of hydrogen-bond acceptors (Lipinski definition) is 4. The summed E-state index contributed by atoms with van der Waals surface area (Å²) in [5, 5.41) is 9.75. The highest BCUT2D eigenvalue weighted by Gasteiger charge is 2.72. The molecule has 3 aliphatic rings. The normalized spacial score (nSPS) is 39.0. The van der Waals surface area contributed by atoms with Crippen LogP contribution in [-0.4, -0.2) is 34.7 Å². The van der Waals surface area contributed by atoms with E-state index < -0.39 is 23.0 Å². The lowest BCUT2D eigenvalue weighted by Gasteiger charge is -2.27. The summed E-state index contributed by atoms with van der Waals surface area (Å²) >= 11 is 3.39. The Morgan fingerprint density at radius 2 is 1.91 bits per heavy atom. The van der Waals surface area contributed by atoms with Crippen LogP contribution >= 0.6 is 15.9 Å². The number of imide groups is 1. The van der Waals surface area contributed by atoms with Crippen LogP contribution in [0.5, 0.6) is 0 Å². The summed E-state index contributed by atoms with van der Waals surface area (Å²) < 4.78 is 6.56. The highest BCUT2D eigenvalue weighted by atomic mass is 79.9. The molecular weight excluding hydrogens is 350 g/mol. The average molecular weight is 364 g/mol. The smallest absolute Gasteiger partial charge is 0.241 e. The lowest BCUT2D eigenvalue weighted by atomic mass is 9.73. The largest absolute Gasteiger partial charge is 0.393 e. The van der Waals surface area contributed by atoms with E-state index in [4.69, 9.17) is 4.74 Å². The van der Waals surface area contributed by atoms with Crippen molar-refractivity contribution in [2.24, 2.45) is 11.8 Å². The quantitative estimate of drug-likeness (QED) is 0.640. The van der Waals surface area contributed by atoms with E-state index in [2.05, 4.69) is 15.9 Å². The maximum atomic E-state index is 12.9. The minimum absolute atomic E-state index is 0.274. The van der Waals surface area contributed by atoms with E-state index in [-0.39, 0.29) is 18.4 Å². The van der Waals surface area contributed by atoms with Gasteiger partial charge >= 0.3 is 0 Å². The van der Waals surface area contributed by atoms with Crippen LogP contribution in [0.4, 0.5) is 5.69 Å². The zero-order chi connectivity index (χ0) is 15.7. The van der Waals surface area contributed by atoms with Gasteiger partial charge in [-0.3, -0.25) is 9.59 Å². The molecule has 0 saturated carbocycles. The molecule has 3 aliphatic heterocycles. The maximum Gasteiger partial charge on any atom is 0.241 e. The van der Waals surface area contributed by atoms with Crippen molar-refractivity contribution in [1.82, 2.24) is 0 Å². The van der Waals surface area contributed by atoms with Crippen LogP contribution in [-0.2, 0) is 14.3 Å². The summed E-state index contributed by atoms with van der Waals surface area (Å²) in [5.74, 6) is -1.86. The van der Waals surface area contributed by atoms with Gasteiger partial charge in [0.25, 0.3) is 0 Å². The maximum absolute atomic E-state index is 12.9. The van der Waals surface area contributed by atoms with Crippen molar-refractivity contribution < 1.29 is 19.4 Å². The number of para-hydroxylation sites is 1. The molecule has 1 N–H and O–H groups in total. The van der Waals surface area contributed by atoms with Crippen LogP contribution in [0.3, 0.4) is 0 Å². The second kappa shape index (κ2) is 4.28. The second-order valence-electron chi connectivity index (χ2n) is 6.15. The zero-order valence-corrected chi connectivity index (χ0v) is 13.4. The van der Waals surface area contributed by atoms with Gasteiger partial charge in [-0.1, -0.05) is 24.3 Å². The first-order valence-corrected chi connectivity index (χ1v) is 7.87. The van der Waals surface area contributed by atoms with Gasteiger partial charge in [0, 0.05) is 4.47 Å². The molecule has 2 bridgehead atoms. The topological polar surface area (TPSA) is 66.8 Å². The molecule has 22 heavy (non-hydrogen) atoms. The molecule has 4 rings (SSSR count). The van der Waals surface area contributed by atoms with E-state index in [1.807, 2.05) is 6.07 Å². The van der Waals surface area contributed by atoms with Crippen LogP contribution in [0.15, 0.2) is 40.9 Å². The van der Waals surface area contributed by atoms with Crippen LogP contribution < -0.4 is 4.90 Å². The van der Waals surface area contributed by atoms with E-state index >= 15 is 0 Å². The number of ether oxygens (including phenoxy) is 1. The van der Waals surface area contributed by atoms with Crippen molar-refractivity contribution in [2.75, 3.05) is 11.5 Å². The Morgan fingerprint density at radius 3 is 2.59 bits per heavy atom. The Labute approximate surface area is 135 Å². The molecule has 114 valence electrons. The van der Waals surface area contributed by atoms with Gasteiger partial charge < -0.3 is 9.84 Å². The Bertz CT molecular complexity index is 733. The molecule has 2 fully saturated rings. The monoisotopic (exact) mass is 363 g/mol. The van der Waals surface area contributed by atoms with Crippen molar-refractivity contribution >= 4 is 33.4 Å². The summed E-state index contributed by atoms with van der Waals surface area (Å²) in [4.78, 5) is 27.0. The number of amides is 2. The van der Waals surface area contributed by atoms with E-state index in [0.29, 0.717) is 10.2 Å². The molecule has 3 heterocycles. The fourth-order valence-corrected chi connectivity index (χ4v) is 4.37. The summed E-state index contributed by atoms with van der Waals surface area (Å²) in [6.07, 6.45) is 3.52. The number of benzene rings is 1. The van der Waals surface area contributed by atoms with Gasteiger partial charge in [0.2, 0.25) is 11.8 Å². The number of carbonyl (C=O) groups excluding carboxylic acids is 2. The minimum Gasteiger partial charge on any atom is -0.393 e. The molecule has 2 saturated heterocycles. The molecule has 6 heteroatoms. The second-order valence-corrected chi connectivity index (χ2v) is 7.01. The first kappa shape index (κ1) is 14.1. The molecule has 1 aromatic rings. The van der Waals surface area contributed by atoms with Crippen LogP contribution in [0.1, 0.15) is 6.92 Å². The van der Waals surface area contributed by atoms with Gasteiger partial charge in [-0.15, -0.1) is 0 Å². The van der Waals surface area contributed by atoms with Gasteiger partial charge in [0.1, 0.15) is 5.60 Å². The third-order valence-corrected chi connectivity index (χ3v) is 5.57. The fraction of sp³-hybridized carbons (Fsp3) is 0.375. The lowest BCUT2D eigenvalue weighted by Crippen LogP contribution is -2.43. The van der Waals surface area contributed by atoms with Gasteiger partial charge in [0.05, 0.1) is 29.7 Å². The predicted molar refractivity (Wildman–Crippen MR) is 82.1 cm³/mol. The van der Waals surface area contributed by atoms with Gasteiger partial charge in [-0.25, -0.2) is 4.90 Å². The molecular formula is C16H14BrNO4. The van der Waals surface area contributed by atoms with E-state index in [9.17, 15) is 14.7 Å². The number of hydrogen-bond donors (Lipinski definition) is 1. The first-order chi connectivity index (χ1) is 10.4. The summed E-state index contributed by atoms with van der Waals surface area (Å²) in [7, 11) is 0. The van der Waals surface area contributed by atoms with Crippen molar-refractivity contribution in [3.63, 3.8) is 0 Å². The highest BCUT2D eigenvalue weighted by Crippen LogP contribution is 2.57. The van der Waals surface area contributed by atoms with Crippen LogP contribution in [0.25, 0.3) is 0 Å². The number of carbonyl (C=O) groups is 2. The Kier molecular flexibility index (Phi) is 2.74. The Balaban J connectivity index is 1.84. The number of fused-ring (bicyclic) bond motifs is 5. The number of rotatable bonds is 2. The lowest BCUT2D eigenvalue weighted by molar-refractivity contribution is -0.131. The zero-order valence-electron chi connectivity index (χ0n) is 11.8. The van der Waals surface area contributed by atoms with Gasteiger partial charge in [-0.2, -0.15) is 0 Å². The van der Waals surface area contributed by atoms with E-state index in [0.717, 1.165) is 0 Å². The van der Waals surface area contributed by atoms with E-state index in [1.54, 1.807) is 37.3 Å². The van der Waals surface area contributed by atoms with Crippen molar-refractivity contribution in [2.45, 2.75) is 18.1 Å². The molecule has 2 amide bonds. The molecule has 5 nitrogen and oxygen atoms in total. The molecule has 0 radical (unpaired) electrons. The minimum atomic E-state index is -1.08. The summed E-state index contributed by atoms with van der Waals surface area (Å²) in [6, 6.07) is 7.12. The molecule has 0 aromatic heterocycles. The number of aliphatic hydroxyl groups is 1. The van der Waals surface area contributed by atoms with Gasteiger partial charge in [-0.05, 0) is 35.0 Å².